The summed E-state index contributed by atoms with van der Waals surface area (Å²) in [7, 11) is 0. The number of piperidine rings is 1. The van der Waals surface area contributed by atoms with Crippen LogP contribution in [0.15, 0.2) is 100.0 Å². The van der Waals surface area contributed by atoms with Gasteiger partial charge in [-0.15, -0.1) is 0 Å². The number of benzene rings is 4. The fraction of sp³-hybridized carbons (Fsp3) is 0.456. The van der Waals surface area contributed by atoms with Crippen molar-refractivity contribution in [1.82, 2.24) is 57.7 Å². The van der Waals surface area contributed by atoms with Gasteiger partial charge in [-0.3, -0.25) is 72.0 Å². The Bertz CT molecular complexity index is 4640. The highest BCUT2D eigenvalue weighted by atomic mass is 16.7. The minimum absolute atomic E-state index is 0.00608. The molecule has 3 aromatic rings. The Morgan fingerprint density at radius 2 is 1.35 bits per heavy atom. The summed E-state index contributed by atoms with van der Waals surface area (Å²) in [5.41, 5.74) is -0.0142. The number of hydrogen-bond acceptors (Lipinski definition) is 24. The Hall–Kier alpha value is -12.2. The average molecular weight is 1560 g/mol. The largest absolute Gasteiger partial charge is 0.507 e. The number of fused-ring (bicyclic) bond motifs is 14. The van der Waals surface area contributed by atoms with Crippen LogP contribution in [0.4, 0.5) is 11.4 Å². The van der Waals surface area contributed by atoms with E-state index in [0.717, 1.165) is 36.3 Å². The minimum Gasteiger partial charge on any atom is -0.507 e. The number of carbonyl (C=O) groups excluding carboxylic acids is 13. The quantitative estimate of drug-likeness (QED) is 0.0173. The lowest BCUT2D eigenvalue weighted by Gasteiger charge is -2.34. The molecule has 7 aliphatic rings. The van der Waals surface area contributed by atoms with E-state index in [-0.39, 0.29) is 123 Å². The van der Waals surface area contributed by atoms with Gasteiger partial charge in [0.25, 0.3) is 17.6 Å². The standard InChI is InChI=1S/C79H97N13O21/c1-41-15-13-17-44(4)75(106)90-69-71(104)65-64(66-72(45(5)70(65)103)113-79(9,74(66)105)111-28-14-16-42(2)30-50(31-43(3)29-41)40-110-48(8)93)68-73(69)112-55-34-52(33-54(94)67(55)89-68)91-25-22-51(23-26-91)87-61(100)39-83-58(97)36-81-59(98)37-84-76(107)46(6)86-78(109)53(32-49-18-11-10-12-19-49)88-77(108)47(7)85-60(99)38-82-57(96)35-80-56(95)24-27-92-62(101)20-21-63(92)102/h10-15,17-21,28,33-34,41-43,46-47,50-51,53,75,90,94,103,106H,16,22-27,29-32,35-40H2,1-9H3,(H,80,95)(H,81,98)(H,82,96)(H,83,97)(H,84,107)(H,85,99)(H,86,109)(H,87,100)(H,88,108)/b15-13+,28-14+,44-17-/t41-,42+,43+,46-,47-,50?,53-,75?,79-/m0/s1. The van der Waals surface area contributed by atoms with E-state index in [1.165, 1.54) is 46.9 Å². The van der Waals surface area contributed by atoms with E-state index in [1.807, 2.05) is 17.1 Å². The monoisotopic (exact) mass is 1560 g/mol. The molecular weight excluding hydrogens is 1470 g/mol. The Morgan fingerprint density at radius 1 is 0.735 bits per heavy atom. The molecule has 10 rings (SSSR count). The SMILES string of the molecule is CC(=O)OCC1C[C@H](C)C/C=C/O[C@@]2(C)Oc3c(C)c(O)c4c(=O)c(c5oc6cc(N7CCC(NC(=O)CNC(=O)CNC(=O)CNC(=O)[C@H](C)NC(=O)[C@H](Cc8ccccc8)NC(=O)[C@H](C)NC(=O)CNC(=O)CNC(=O)CCN8C(=O)C=CC8=O)CC7)cc(O)c6nc-5c4c3C2=O)NC(O)/C(C)=C\C=C\[C@H](C)C[C@@H](C)C1. The van der Waals surface area contributed by atoms with Gasteiger partial charge in [0, 0.05) is 93.3 Å². The molecule has 11 amide bonds. The third kappa shape index (κ3) is 22.3. The topological polar surface area (TPSA) is 480 Å². The summed E-state index contributed by atoms with van der Waals surface area (Å²) in [4.78, 5) is 189. The summed E-state index contributed by atoms with van der Waals surface area (Å²) in [5, 5.41) is 60.1. The highest BCUT2D eigenvalue weighted by molar-refractivity contribution is 6.22. The molecule has 6 heterocycles. The van der Waals surface area contributed by atoms with Crippen LogP contribution in [-0.4, -0.2) is 197 Å². The summed E-state index contributed by atoms with van der Waals surface area (Å²) in [6, 6.07) is 7.44. The first-order valence-corrected chi connectivity index (χ1v) is 37.4. The molecule has 13 N–H and O–H groups in total. The Balaban J connectivity index is 0.766. The number of anilines is 2. The average Bonchev–Trinajstić information content (AvgIpc) is 1.64. The van der Waals surface area contributed by atoms with Crippen molar-refractivity contribution in [3.8, 4) is 28.7 Å². The number of phenolic OH excluding ortho intramolecular Hbond substituents is 2. The summed E-state index contributed by atoms with van der Waals surface area (Å²) in [6.45, 7) is 12.9. The first-order valence-electron chi connectivity index (χ1n) is 37.4. The number of rotatable bonds is 25. The second-order valence-electron chi connectivity index (χ2n) is 29.2. The molecule has 9 atom stereocenters. The van der Waals surface area contributed by atoms with Crippen molar-refractivity contribution in [1.29, 1.82) is 0 Å². The maximum absolute atomic E-state index is 15.1. The van der Waals surface area contributed by atoms with Crippen LogP contribution in [0.3, 0.4) is 0 Å². The van der Waals surface area contributed by atoms with Crippen molar-refractivity contribution in [2.24, 2.45) is 23.7 Å². The van der Waals surface area contributed by atoms with Crippen molar-refractivity contribution in [2.45, 2.75) is 150 Å². The van der Waals surface area contributed by atoms with E-state index in [4.69, 9.17) is 23.6 Å². The van der Waals surface area contributed by atoms with Gasteiger partial charge < -0.3 is 92.0 Å². The van der Waals surface area contributed by atoms with E-state index in [0.29, 0.717) is 49.2 Å². The molecule has 3 aromatic carbocycles. The molecule has 34 heteroatoms. The zero-order chi connectivity index (χ0) is 82.1. The number of esters is 1. The first-order chi connectivity index (χ1) is 53.7. The van der Waals surface area contributed by atoms with Crippen LogP contribution >= 0.6 is 0 Å². The molecule has 1 fully saturated rings. The van der Waals surface area contributed by atoms with E-state index in [1.54, 1.807) is 55.5 Å². The first kappa shape index (κ1) is 84.8. The van der Waals surface area contributed by atoms with Crippen molar-refractivity contribution in [3.05, 3.63) is 118 Å². The number of hydrogen-bond donors (Lipinski definition) is 13. The number of imide groups is 1. The van der Waals surface area contributed by atoms with Gasteiger partial charge >= 0.3 is 11.8 Å². The molecule has 5 bridgehead atoms. The molecule has 2 unspecified atom stereocenters. The summed E-state index contributed by atoms with van der Waals surface area (Å²) >= 11 is 0. The van der Waals surface area contributed by atoms with E-state index in [2.05, 4.69) is 73.9 Å². The Labute approximate surface area is 650 Å². The van der Waals surface area contributed by atoms with Crippen LogP contribution in [0.1, 0.15) is 122 Å². The number of aliphatic hydroxyl groups is 1. The van der Waals surface area contributed by atoms with Crippen LogP contribution in [0.25, 0.3) is 33.3 Å². The highest BCUT2D eigenvalue weighted by Gasteiger charge is 2.50. The predicted octanol–water partition coefficient (Wildman–Crippen LogP) is 2.60. The van der Waals surface area contributed by atoms with Crippen molar-refractivity contribution in [2.75, 3.05) is 69.2 Å². The van der Waals surface area contributed by atoms with Gasteiger partial charge in [-0.2, -0.15) is 0 Å². The lowest BCUT2D eigenvalue weighted by Crippen LogP contribution is -2.57. The van der Waals surface area contributed by atoms with Gasteiger partial charge in [0.15, 0.2) is 11.3 Å². The number of phenols is 2. The number of carbonyl (C=O) groups is 13. The van der Waals surface area contributed by atoms with Gasteiger partial charge in [-0.1, -0.05) is 69.3 Å². The maximum atomic E-state index is 15.1. The fourth-order valence-electron chi connectivity index (χ4n) is 13.7. The van der Waals surface area contributed by atoms with E-state index in [9.17, 15) is 77.6 Å². The van der Waals surface area contributed by atoms with Gasteiger partial charge in [-0.05, 0) is 107 Å². The molecule has 1 saturated heterocycles. The Morgan fingerprint density at radius 3 is 2.02 bits per heavy atom. The fourth-order valence-corrected chi connectivity index (χ4v) is 13.7. The van der Waals surface area contributed by atoms with Crippen molar-refractivity contribution >= 4 is 110 Å². The Kier molecular flexibility index (Phi) is 28.6. The smallest absolute Gasteiger partial charge is 0.312 e. The van der Waals surface area contributed by atoms with Crippen molar-refractivity contribution < 1.29 is 96.3 Å². The van der Waals surface area contributed by atoms with Crippen LogP contribution < -0.4 is 68.2 Å². The molecule has 0 aromatic heterocycles. The number of Topliss-reactive ketones (excluding diaryl/α,β-unsaturated/α-hetero) is 1. The lowest BCUT2D eigenvalue weighted by atomic mass is 9.84. The molecular formula is C79H97N13O21. The van der Waals surface area contributed by atoms with Gasteiger partial charge in [0.2, 0.25) is 58.6 Å². The third-order valence-electron chi connectivity index (χ3n) is 19.7. The molecule has 0 radical (unpaired) electrons. The van der Waals surface area contributed by atoms with Gasteiger partial charge in [0.05, 0.1) is 56.5 Å². The number of aliphatic hydroxyl groups excluding tert-OH is 1. The van der Waals surface area contributed by atoms with E-state index < -0.39 is 145 Å². The van der Waals surface area contributed by atoms with Crippen LogP contribution in [0.5, 0.6) is 17.2 Å². The second kappa shape index (κ2) is 38.1. The minimum atomic E-state index is -1.99. The summed E-state index contributed by atoms with van der Waals surface area (Å²) in [5.74, 6) is -11.5. The molecule has 34 nitrogen and oxygen atoms in total. The molecule has 1 aliphatic carbocycles. The molecule has 0 saturated carbocycles. The molecule has 6 aliphatic heterocycles. The number of aromatic nitrogens is 1. The zero-order valence-corrected chi connectivity index (χ0v) is 64.3. The number of allylic oxidation sites excluding steroid dienone is 4. The molecule has 113 heavy (non-hydrogen) atoms. The number of ether oxygens (including phenoxy) is 3. The van der Waals surface area contributed by atoms with Gasteiger partial charge in [-0.25, -0.2) is 4.98 Å². The maximum Gasteiger partial charge on any atom is 0.312 e. The van der Waals surface area contributed by atoms with Crippen LogP contribution in [0.2, 0.25) is 0 Å². The highest BCUT2D eigenvalue weighted by Crippen LogP contribution is 2.51. The summed E-state index contributed by atoms with van der Waals surface area (Å²) in [6.07, 6.45) is 12.7. The van der Waals surface area contributed by atoms with Crippen LogP contribution in [-0.2, 0) is 73.4 Å². The lowest BCUT2D eigenvalue weighted by molar-refractivity contribution is -0.143. The van der Waals surface area contributed by atoms with Crippen LogP contribution in [0, 0.1) is 30.6 Å². The second-order valence-corrected chi connectivity index (χ2v) is 29.2. The van der Waals surface area contributed by atoms with E-state index >= 15 is 4.79 Å². The molecule has 604 valence electrons. The number of nitrogens with zero attached hydrogens (tertiary/aromatic N) is 3. The number of aromatic hydroxyl groups is 2. The molecule has 0 spiro atoms. The number of nitrogens with one attached hydrogen (secondary N) is 10. The van der Waals surface area contributed by atoms with Crippen molar-refractivity contribution in [3.63, 3.8) is 0 Å². The summed E-state index contributed by atoms with van der Waals surface area (Å²) < 4.78 is 24.5. The zero-order valence-electron chi connectivity index (χ0n) is 64.3. The normalized spacial score (nSPS) is 21.3. The third-order valence-corrected chi connectivity index (χ3v) is 19.7. The predicted molar refractivity (Wildman–Crippen MR) is 411 cm³/mol. The van der Waals surface area contributed by atoms with Gasteiger partial charge in [0.1, 0.15) is 58.5 Å². The number of ketones is 1. The number of amides is 11.